The van der Waals surface area contributed by atoms with Gasteiger partial charge in [0.1, 0.15) is 0 Å². The van der Waals surface area contributed by atoms with Crippen LogP contribution in [-0.2, 0) is 0 Å². The molecule has 102 valence electrons. The lowest BCUT2D eigenvalue weighted by Crippen LogP contribution is -2.07. The minimum Gasteiger partial charge on any atom is -0.202 e. The summed E-state index contributed by atoms with van der Waals surface area (Å²) in [5.74, 6) is 1.32. The fraction of sp³-hybridized carbons (Fsp3) is 0.231. The molecule has 0 saturated heterocycles. The van der Waals surface area contributed by atoms with Crippen molar-refractivity contribution in [3.05, 3.63) is 45.7 Å². The van der Waals surface area contributed by atoms with Gasteiger partial charge in [0.2, 0.25) is 0 Å². The molecule has 7 heteroatoms. The van der Waals surface area contributed by atoms with Gasteiger partial charge in [-0.05, 0) is 43.7 Å². The lowest BCUT2D eigenvalue weighted by Gasteiger charge is -2.03. The molecule has 0 N–H and O–H groups in total. The van der Waals surface area contributed by atoms with Crippen LogP contribution in [-0.4, -0.2) is 30.9 Å². The zero-order valence-corrected chi connectivity index (χ0v) is 12.3. The quantitative estimate of drug-likeness (QED) is 0.694. The molecule has 0 aliphatic carbocycles. The van der Waals surface area contributed by atoms with Gasteiger partial charge in [0.05, 0.1) is 11.9 Å². The first kappa shape index (κ1) is 12.7. The molecule has 6 nitrogen and oxygen atoms in total. The van der Waals surface area contributed by atoms with Crippen LogP contribution >= 0.6 is 11.3 Å². The predicted molar refractivity (Wildman–Crippen MR) is 78.7 cm³/mol. The van der Waals surface area contributed by atoms with Crippen molar-refractivity contribution in [1.29, 1.82) is 0 Å². The molecule has 0 aliphatic heterocycles. The van der Waals surface area contributed by atoms with Crippen LogP contribution in [0.3, 0.4) is 0 Å². The van der Waals surface area contributed by atoms with Gasteiger partial charge in [-0.1, -0.05) is 0 Å². The SMILES string of the molecule is Cc1cc(C)n(-c2nnc(C)n2/N=C\c2ccsc2)n1. The highest BCUT2D eigenvalue weighted by Crippen LogP contribution is 2.11. The van der Waals surface area contributed by atoms with E-state index in [9.17, 15) is 0 Å². The Kier molecular flexibility index (Phi) is 3.19. The fourth-order valence-electron chi connectivity index (χ4n) is 1.92. The molecular weight excluding hydrogens is 272 g/mol. The Labute approximate surface area is 120 Å². The Bertz CT molecular complexity index is 750. The van der Waals surface area contributed by atoms with Crippen LogP contribution < -0.4 is 0 Å². The maximum Gasteiger partial charge on any atom is 0.273 e. The van der Waals surface area contributed by atoms with E-state index in [0.29, 0.717) is 5.95 Å². The summed E-state index contributed by atoms with van der Waals surface area (Å²) in [4.78, 5) is 0. The zero-order valence-electron chi connectivity index (χ0n) is 11.5. The van der Waals surface area contributed by atoms with Crippen LogP contribution in [0.15, 0.2) is 28.0 Å². The smallest absolute Gasteiger partial charge is 0.202 e. The topological polar surface area (TPSA) is 60.9 Å². The molecule has 0 saturated carbocycles. The zero-order chi connectivity index (χ0) is 14.1. The van der Waals surface area contributed by atoms with Crippen LogP contribution in [0, 0.1) is 20.8 Å². The summed E-state index contributed by atoms with van der Waals surface area (Å²) < 4.78 is 3.44. The molecule has 3 rings (SSSR count). The van der Waals surface area contributed by atoms with Gasteiger partial charge in [-0.15, -0.1) is 10.2 Å². The monoisotopic (exact) mass is 286 g/mol. The number of thiophene rings is 1. The molecule has 20 heavy (non-hydrogen) atoms. The lowest BCUT2D eigenvalue weighted by atomic mass is 10.4. The van der Waals surface area contributed by atoms with Gasteiger partial charge in [-0.2, -0.15) is 26.2 Å². The Hall–Kier alpha value is -2.28. The summed E-state index contributed by atoms with van der Waals surface area (Å²) in [5, 5.41) is 21.2. The average molecular weight is 286 g/mol. The number of aromatic nitrogens is 5. The van der Waals surface area contributed by atoms with E-state index in [2.05, 4.69) is 20.4 Å². The third-order valence-corrected chi connectivity index (χ3v) is 3.55. The van der Waals surface area contributed by atoms with E-state index in [0.717, 1.165) is 22.8 Å². The molecule has 0 atom stereocenters. The third kappa shape index (κ3) is 2.27. The second-order valence-corrected chi connectivity index (χ2v) is 5.28. The molecule has 0 amide bonds. The molecule has 0 bridgehead atoms. The van der Waals surface area contributed by atoms with E-state index < -0.39 is 0 Å². The van der Waals surface area contributed by atoms with Crippen molar-refractivity contribution in [3.8, 4) is 5.95 Å². The van der Waals surface area contributed by atoms with Gasteiger partial charge >= 0.3 is 0 Å². The summed E-state index contributed by atoms with van der Waals surface area (Å²) in [6.45, 7) is 5.80. The fourth-order valence-corrected chi connectivity index (χ4v) is 2.53. The van der Waals surface area contributed by atoms with Crippen LogP contribution in [0.1, 0.15) is 22.8 Å². The molecule has 0 fully saturated rings. The Morgan fingerprint density at radius 3 is 2.75 bits per heavy atom. The second-order valence-electron chi connectivity index (χ2n) is 4.50. The first-order chi connectivity index (χ1) is 9.65. The number of aryl methyl sites for hydroxylation is 3. The third-order valence-electron chi connectivity index (χ3n) is 2.84. The number of nitrogens with zero attached hydrogens (tertiary/aromatic N) is 6. The number of rotatable bonds is 3. The summed E-state index contributed by atoms with van der Waals surface area (Å²) in [6, 6.07) is 4.01. The van der Waals surface area contributed by atoms with Crippen molar-refractivity contribution >= 4 is 17.6 Å². The Morgan fingerprint density at radius 1 is 1.25 bits per heavy atom. The van der Waals surface area contributed by atoms with Crippen molar-refractivity contribution in [1.82, 2.24) is 24.7 Å². The number of hydrogen-bond donors (Lipinski definition) is 0. The highest BCUT2D eigenvalue weighted by atomic mass is 32.1. The standard InChI is InChI=1S/C13H14N6S/c1-9-6-10(2)18(17-9)13-16-15-11(3)19(13)14-7-12-4-5-20-8-12/h4-8H,1-3H3/b14-7-. The maximum atomic E-state index is 4.45. The average Bonchev–Trinajstić information content (AvgIpc) is 3.09. The molecule has 3 aromatic rings. The highest BCUT2D eigenvalue weighted by Gasteiger charge is 2.13. The summed E-state index contributed by atoms with van der Waals surface area (Å²) >= 11 is 1.64. The van der Waals surface area contributed by atoms with Crippen molar-refractivity contribution < 1.29 is 0 Å². The van der Waals surface area contributed by atoms with E-state index in [4.69, 9.17) is 0 Å². The Balaban J connectivity index is 2.04. The molecule has 0 unspecified atom stereocenters. The van der Waals surface area contributed by atoms with Gasteiger partial charge < -0.3 is 0 Å². The van der Waals surface area contributed by atoms with E-state index in [1.807, 2.05) is 43.7 Å². The largest absolute Gasteiger partial charge is 0.273 e. The minimum atomic E-state index is 0.597. The molecule has 3 aromatic heterocycles. The van der Waals surface area contributed by atoms with Gasteiger partial charge in [0.25, 0.3) is 5.95 Å². The van der Waals surface area contributed by atoms with Crippen molar-refractivity contribution in [2.45, 2.75) is 20.8 Å². The van der Waals surface area contributed by atoms with Crippen molar-refractivity contribution in [2.24, 2.45) is 5.10 Å². The lowest BCUT2D eigenvalue weighted by molar-refractivity contribution is 0.708. The second kappa shape index (κ2) is 5.01. The van der Waals surface area contributed by atoms with E-state index in [-0.39, 0.29) is 0 Å². The summed E-state index contributed by atoms with van der Waals surface area (Å²) in [6.07, 6.45) is 1.79. The van der Waals surface area contributed by atoms with Crippen LogP contribution in [0.5, 0.6) is 0 Å². The minimum absolute atomic E-state index is 0.597. The van der Waals surface area contributed by atoms with Gasteiger partial charge in [0, 0.05) is 11.3 Å². The van der Waals surface area contributed by atoms with Gasteiger partial charge in [-0.25, -0.2) is 4.68 Å². The molecular formula is C13H14N6S. The summed E-state index contributed by atoms with van der Waals surface area (Å²) in [7, 11) is 0. The van der Waals surface area contributed by atoms with Crippen LogP contribution in [0.25, 0.3) is 5.95 Å². The summed E-state index contributed by atoms with van der Waals surface area (Å²) in [5.41, 5.74) is 3.00. The van der Waals surface area contributed by atoms with Crippen molar-refractivity contribution in [3.63, 3.8) is 0 Å². The van der Waals surface area contributed by atoms with Crippen molar-refractivity contribution in [2.75, 3.05) is 0 Å². The first-order valence-corrected chi connectivity index (χ1v) is 7.11. The molecule has 0 aromatic carbocycles. The van der Waals surface area contributed by atoms with E-state index in [1.165, 1.54) is 0 Å². The number of hydrogen-bond acceptors (Lipinski definition) is 5. The van der Waals surface area contributed by atoms with Gasteiger partial charge in [-0.3, -0.25) is 0 Å². The molecule has 0 spiro atoms. The molecule has 0 radical (unpaired) electrons. The van der Waals surface area contributed by atoms with Crippen LogP contribution in [0.4, 0.5) is 0 Å². The van der Waals surface area contributed by atoms with Gasteiger partial charge in [0.15, 0.2) is 5.82 Å². The Morgan fingerprint density at radius 2 is 2.10 bits per heavy atom. The van der Waals surface area contributed by atoms with E-state index in [1.54, 1.807) is 26.9 Å². The molecule has 3 heterocycles. The first-order valence-electron chi connectivity index (χ1n) is 6.17. The normalized spacial score (nSPS) is 11.6. The maximum absolute atomic E-state index is 4.45. The van der Waals surface area contributed by atoms with E-state index >= 15 is 0 Å². The molecule has 0 aliphatic rings. The van der Waals surface area contributed by atoms with Crippen LogP contribution in [0.2, 0.25) is 0 Å². The highest BCUT2D eigenvalue weighted by molar-refractivity contribution is 7.08. The predicted octanol–water partition coefficient (Wildman–Crippen LogP) is 2.33.